The average Bonchev–Trinajstić information content (AvgIpc) is 3.02. The van der Waals surface area contributed by atoms with Gasteiger partial charge in [-0.15, -0.1) is 0 Å². The van der Waals surface area contributed by atoms with Gasteiger partial charge in [0.2, 0.25) is 5.13 Å². The number of hydrogen-bond donors (Lipinski definition) is 0. The second-order valence-corrected chi connectivity index (χ2v) is 5.72. The summed E-state index contributed by atoms with van der Waals surface area (Å²) in [6.07, 6.45) is 1.86. The molecule has 112 valence electrons. The van der Waals surface area contributed by atoms with Crippen LogP contribution in [0, 0.1) is 0 Å². The highest BCUT2D eigenvalue weighted by atomic mass is 32.1. The predicted molar refractivity (Wildman–Crippen MR) is 83.6 cm³/mol. The number of methoxy groups -OCH3 is 2. The average molecular weight is 305 g/mol. The van der Waals surface area contributed by atoms with Crippen molar-refractivity contribution in [3.8, 4) is 11.5 Å². The van der Waals surface area contributed by atoms with Gasteiger partial charge in [-0.1, -0.05) is 6.92 Å². The van der Waals surface area contributed by atoms with E-state index in [9.17, 15) is 0 Å². The molecule has 2 aromatic rings. The number of ether oxygens (including phenoxy) is 2. The van der Waals surface area contributed by atoms with Crippen molar-refractivity contribution in [2.45, 2.75) is 26.3 Å². The second-order valence-electron chi connectivity index (χ2n) is 4.99. The standard InChI is InChI=1S/C15H19N3O2S/c1-4-14-16-15(21-17-14)18-6-5-10-7-12(19-2)13(20-3)8-11(10)9-18/h7-8H,4-6,9H2,1-3H3. The molecule has 6 heteroatoms. The molecule has 0 fully saturated rings. The van der Waals surface area contributed by atoms with Crippen LogP contribution in [0.15, 0.2) is 12.1 Å². The molecule has 1 aliphatic heterocycles. The van der Waals surface area contributed by atoms with Gasteiger partial charge in [-0.2, -0.15) is 4.37 Å². The smallest absolute Gasteiger partial charge is 0.205 e. The molecule has 0 N–H and O–H groups in total. The summed E-state index contributed by atoms with van der Waals surface area (Å²) in [4.78, 5) is 6.86. The number of nitrogens with zero attached hydrogens (tertiary/aromatic N) is 3. The van der Waals surface area contributed by atoms with E-state index in [1.54, 1.807) is 14.2 Å². The summed E-state index contributed by atoms with van der Waals surface area (Å²) >= 11 is 1.48. The Morgan fingerprint density at radius 1 is 1.19 bits per heavy atom. The Bertz CT molecular complexity index is 642. The van der Waals surface area contributed by atoms with Crippen molar-refractivity contribution in [3.63, 3.8) is 0 Å². The molecule has 0 saturated carbocycles. The molecule has 0 aliphatic carbocycles. The first kappa shape index (κ1) is 14.1. The van der Waals surface area contributed by atoms with E-state index in [2.05, 4.69) is 33.3 Å². The van der Waals surface area contributed by atoms with Crippen molar-refractivity contribution in [3.05, 3.63) is 29.1 Å². The van der Waals surface area contributed by atoms with Crippen molar-refractivity contribution in [2.24, 2.45) is 0 Å². The Hall–Kier alpha value is -1.82. The number of rotatable bonds is 4. The minimum absolute atomic E-state index is 0.782. The van der Waals surface area contributed by atoms with E-state index in [1.165, 1.54) is 22.7 Å². The lowest BCUT2D eigenvalue weighted by molar-refractivity contribution is 0.353. The first-order chi connectivity index (χ1) is 10.2. The van der Waals surface area contributed by atoms with Crippen LogP contribution in [0.1, 0.15) is 23.9 Å². The highest BCUT2D eigenvalue weighted by Gasteiger charge is 2.21. The maximum atomic E-state index is 5.40. The predicted octanol–water partition coefficient (Wildman–Crippen LogP) is 2.68. The van der Waals surface area contributed by atoms with Crippen molar-refractivity contribution < 1.29 is 9.47 Å². The van der Waals surface area contributed by atoms with Gasteiger partial charge in [0.05, 0.1) is 14.2 Å². The molecule has 21 heavy (non-hydrogen) atoms. The van der Waals surface area contributed by atoms with Crippen molar-refractivity contribution >= 4 is 16.7 Å². The molecule has 0 atom stereocenters. The third kappa shape index (κ3) is 2.68. The second kappa shape index (κ2) is 5.89. The van der Waals surface area contributed by atoms with Crippen molar-refractivity contribution in [1.82, 2.24) is 9.36 Å². The summed E-state index contributed by atoms with van der Waals surface area (Å²) in [7, 11) is 3.34. The third-order valence-corrected chi connectivity index (χ3v) is 4.58. The highest BCUT2D eigenvalue weighted by molar-refractivity contribution is 7.09. The molecule has 0 spiro atoms. The minimum Gasteiger partial charge on any atom is -0.493 e. The number of hydrogen-bond acceptors (Lipinski definition) is 6. The van der Waals surface area contributed by atoms with Crippen LogP contribution in [0.4, 0.5) is 5.13 Å². The fraction of sp³-hybridized carbons (Fsp3) is 0.467. The lowest BCUT2D eigenvalue weighted by atomic mass is 9.99. The van der Waals surface area contributed by atoms with Crippen LogP contribution in [0.2, 0.25) is 0 Å². The van der Waals surface area contributed by atoms with Gasteiger partial charge in [0.1, 0.15) is 5.82 Å². The van der Waals surface area contributed by atoms with Crippen LogP contribution in [0.5, 0.6) is 11.5 Å². The topological polar surface area (TPSA) is 47.5 Å². The quantitative estimate of drug-likeness (QED) is 0.869. The Labute approximate surface area is 128 Å². The van der Waals surface area contributed by atoms with Crippen LogP contribution in [-0.2, 0) is 19.4 Å². The summed E-state index contributed by atoms with van der Waals surface area (Å²) in [5.74, 6) is 2.51. The zero-order valence-corrected chi connectivity index (χ0v) is 13.4. The fourth-order valence-electron chi connectivity index (χ4n) is 2.56. The molecule has 0 bridgehead atoms. The van der Waals surface area contributed by atoms with Gasteiger partial charge in [-0.3, -0.25) is 0 Å². The minimum atomic E-state index is 0.782. The van der Waals surface area contributed by atoms with E-state index in [1.807, 2.05) is 0 Å². The SMILES string of the molecule is CCc1nsc(N2CCc3cc(OC)c(OC)cc3C2)n1. The van der Waals surface area contributed by atoms with Gasteiger partial charge < -0.3 is 14.4 Å². The van der Waals surface area contributed by atoms with E-state index in [-0.39, 0.29) is 0 Å². The lowest BCUT2D eigenvalue weighted by Crippen LogP contribution is -2.30. The monoisotopic (exact) mass is 305 g/mol. The summed E-state index contributed by atoms with van der Waals surface area (Å²) in [5, 5.41) is 1.01. The van der Waals surface area contributed by atoms with E-state index >= 15 is 0 Å². The van der Waals surface area contributed by atoms with Gasteiger partial charge in [0.25, 0.3) is 0 Å². The number of aryl methyl sites for hydroxylation is 1. The molecule has 0 amide bonds. The van der Waals surface area contributed by atoms with Crippen LogP contribution < -0.4 is 14.4 Å². The molecule has 1 aromatic carbocycles. The molecule has 0 unspecified atom stereocenters. The third-order valence-electron chi connectivity index (χ3n) is 3.76. The number of fused-ring (bicyclic) bond motifs is 1. The van der Waals surface area contributed by atoms with Crippen LogP contribution in [0.3, 0.4) is 0 Å². The van der Waals surface area contributed by atoms with Crippen molar-refractivity contribution in [1.29, 1.82) is 0 Å². The zero-order chi connectivity index (χ0) is 14.8. The molecule has 3 rings (SSSR count). The van der Waals surface area contributed by atoms with Crippen molar-refractivity contribution in [2.75, 3.05) is 25.7 Å². The van der Waals surface area contributed by atoms with E-state index in [0.717, 1.165) is 48.4 Å². The molecular weight excluding hydrogens is 286 g/mol. The number of benzene rings is 1. The van der Waals surface area contributed by atoms with Gasteiger partial charge in [-0.25, -0.2) is 4.98 Å². The fourth-order valence-corrected chi connectivity index (χ4v) is 3.34. The maximum absolute atomic E-state index is 5.40. The molecule has 5 nitrogen and oxygen atoms in total. The van der Waals surface area contributed by atoms with Gasteiger partial charge in [0.15, 0.2) is 11.5 Å². The van der Waals surface area contributed by atoms with E-state index in [0.29, 0.717) is 0 Å². The normalized spacial score (nSPS) is 14.0. The Morgan fingerprint density at radius 2 is 1.90 bits per heavy atom. The van der Waals surface area contributed by atoms with Gasteiger partial charge >= 0.3 is 0 Å². The summed E-state index contributed by atoms with van der Waals surface area (Å²) in [6.45, 7) is 3.88. The summed E-state index contributed by atoms with van der Waals surface area (Å²) in [5.41, 5.74) is 2.59. The van der Waals surface area contributed by atoms with Gasteiger partial charge in [0, 0.05) is 31.0 Å². The van der Waals surface area contributed by atoms with Crippen LogP contribution >= 0.6 is 11.5 Å². The molecular formula is C15H19N3O2S. The lowest BCUT2D eigenvalue weighted by Gasteiger charge is -2.28. The molecule has 2 heterocycles. The van der Waals surface area contributed by atoms with E-state index < -0.39 is 0 Å². The van der Waals surface area contributed by atoms with Gasteiger partial charge in [-0.05, 0) is 29.7 Å². The van der Waals surface area contributed by atoms with Crippen LogP contribution in [0.25, 0.3) is 0 Å². The largest absolute Gasteiger partial charge is 0.493 e. The Balaban J connectivity index is 1.87. The summed E-state index contributed by atoms with van der Waals surface area (Å²) < 4.78 is 15.1. The van der Waals surface area contributed by atoms with E-state index in [4.69, 9.17) is 9.47 Å². The highest BCUT2D eigenvalue weighted by Crippen LogP contribution is 2.34. The molecule has 1 aromatic heterocycles. The molecule has 1 aliphatic rings. The molecule has 0 saturated heterocycles. The van der Waals surface area contributed by atoms with Crippen LogP contribution in [-0.4, -0.2) is 30.1 Å². The Kier molecular flexibility index (Phi) is 3.96. The Morgan fingerprint density at radius 3 is 2.52 bits per heavy atom. The summed E-state index contributed by atoms with van der Waals surface area (Å²) in [6, 6.07) is 4.16. The number of anilines is 1. The maximum Gasteiger partial charge on any atom is 0.205 e. The zero-order valence-electron chi connectivity index (χ0n) is 12.5. The first-order valence-electron chi connectivity index (χ1n) is 7.06. The number of aromatic nitrogens is 2. The molecule has 0 radical (unpaired) electrons. The first-order valence-corrected chi connectivity index (χ1v) is 7.83.